The number of hydrogen-bond donors (Lipinski definition) is 2. The molecule has 1 aromatic carbocycles. The maximum absolute atomic E-state index is 12.6. The average molecular weight is 339 g/mol. The Labute approximate surface area is 141 Å². The van der Waals surface area contributed by atoms with E-state index in [0.717, 1.165) is 25.0 Å². The second-order valence-corrected chi connectivity index (χ2v) is 6.82. The Hall–Kier alpha value is -1.30. The molecule has 126 valence electrons. The van der Waals surface area contributed by atoms with Gasteiger partial charge in [-0.05, 0) is 30.5 Å². The molecule has 1 aromatic rings. The number of aliphatic hydroxyl groups excluding tert-OH is 1. The highest BCUT2D eigenvalue weighted by Crippen LogP contribution is 2.30. The Balaban J connectivity index is 1.71. The van der Waals surface area contributed by atoms with Crippen molar-refractivity contribution >= 4 is 17.6 Å². The third-order valence-corrected chi connectivity index (χ3v) is 5.03. The van der Waals surface area contributed by atoms with Crippen molar-refractivity contribution in [3.63, 3.8) is 0 Å². The van der Waals surface area contributed by atoms with Crippen molar-refractivity contribution in [2.45, 2.75) is 18.9 Å². The minimum absolute atomic E-state index is 0.0622. The Morgan fingerprint density at radius 3 is 2.78 bits per heavy atom. The molecule has 0 spiro atoms. The van der Waals surface area contributed by atoms with E-state index < -0.39 is 0 Å². The largest absolute Gasteiger partial charge is 0.396 e. The molecule has 2 aliphatic rings. The molecule has 3 rings (SSSR count). The summed E-state index contributed by atoms with van der Waals surface area (Å²) in [7, 11) is 0. The Kier molecular flexibility index (Phi) is 5.41. The van der Waals surface area contributed by atoms with Gasteiger partial charge in [0.15, 0.2) is 0 Å². The number of amides is 2. The molecule has 0 radical (unpaired) electrons. The van der Waals surface area contributed by atoms with Crippen molar-refractivity contribution in [2.24, 2.45) is 11.8 Å². The Morgan fingerprint density at radius 2 is 2.17 bits per heavy atom. The number of carbonyl (C=O) groups is 1. The number of nitrogens with zero attached hydrogens (tertiary/aromatic N) is 1. The summed E-state index contributed by atoms with van der Waals surface area (Å²) in [5.41, 5.74) is 1.05. The summed E-state index contributed by atoms with van der Waals surface area (Å²) in [6.45, 7) is 2.86. The second-order valence-electron chi connectivity index (χ2n) is 6.39. The summed E-state index contributed by atoms with van der Waals surface area (Å²) in [4.78, 5) is 14.4. The first-order valence-corrected chi connectivity index (χ1v) is 8.54. The number of likely N-dealkylation sites (tertiary alicyclic amines) is 1. The van der Waals surface area contributed by atoms with Gasteiger partial charge in [0, 0.05) is 43.2 Å². The topological polar surface area (TPSA) is 61.8 Å². The zero-order valence-electron chi connectivity index (χ0n) is 13.1. The molecule has 2 aliphatic heterocycles. The molecule has 2 saturated heterocycles. The van der Waals surface area contributed by atoms with Crippen LogP contribution in [0, 0.1) is 11.8 Å². The van der Waals surface area contributed by atoms with E-state index in [1.807, 2.05) is 24.3 Å². The summed E-state index contributed by atoms with van der Waals surface area (Å²) < 4.78 is 5.50. The van der Waals surface area contributed by atoms with E-state index >= 15 is 0 Å². The highest BCUT2D eigenvalue weighted by molar-refractivity contribution is 6.30. The van der Waals surface area contributed by atoms with E-state index in [0.29, 0.717) is 24.7 Å². The van der Waals surface area contributed by atoms with Crippen LogP contribution in [0.5, 0.6) is 0 Å². The average Bonchev–Trinajstić information content (AvgIpc) is 3.25. The van der Waals surface area contributed by atoms with Crippen LogP contribution in [0.15, 0.2) is 24.3 Å². The molecule has 2 amide bonds. The van der Waals surface area contributed by atoms with Gasteiger partial charge in [0.05, 0.1) is 12.6 Å². The SMILES string of the molecule is O=C(N[C@H](c1ccc(Cl)cc1)[C@@H]1CCOC1)N1CC[C@H](CO)C1. The van der Waals surface area contributed by atoms with Gasteiger partial charge in [-0.15, -0.1) is 0 Å². The molecule has 2 N–H and O–H groups in total. The fourth-order valence-corrected chi connectivity index (χ4v) is 3.48. The second kappa shape index (κ2) is 7.51. The third kappa shape index (κ3) is 3.97. The van der Waals surface area contributed by atoms with Crippen molar-refractivity contribution in [2.75, 3.05) is 32.9 Å². The van der Waals surface area contributed by atoms with Gasteiger partial charge in [0.1, 0.15) is 0 Å². The number of urea groups is 1. The van der Waals surface area contributed by atoms with Gasteiger partial charge in [0.2, 0.25) is 0 Å². The van der Waals surface area contributed by atoms with Gasteiger partial charge in [0.25, 0.3) is 0 Å². The molecule has 2 fully saturated rings. The number of benzene rings is 1. The van der Waals surface area contributed by atoms with Crippen molar-refractivity contribution in [3.8, 4) is 0 Å². The van der Waals surface area contributed by atoms with E-state index in [1.165, 1.54) is 0 Å². The zero-order chi connectivity index (χ0) is 16.2. The zero-order valence-corrected chi connectivity index (χ0v) is 13.8. The van der Waals surface area contributed by atoms with Crippen LogP contribution in [0.3, 0.4) is 0 Å². The lowest BCUT2D eigenvalue weighted by Crippen LogP contribution is -2.42. The van der Waals surface area contributed by atoms with Crippen LogP contribution in [-0.4, -0.2) is 48.9 Å². The van der Waals surface area contributed by atoms with Crippen LogP contribution in [0.4, 0.5) is 4.79 Å². The molecule has 0 aromatic heterocycles. The summed E-state index contributed by atoms with van der Waals surface area (Å²) in [6, 6.07) is 7.49. The van der Waals surface area contributed by atoms with Gasteiger partial charge < -0.3 is 20.1 Å². The molecule has 6 heteroatoms. The van der Waals surface area contributed by atoms with E-state index in [-0.39, 0.29) is 30.5 Å². The van der Waals surface area contributed by atoms with Crippen molar-refractivity contribution in [1.82, 2.24) is 10.2 Å². The molecule has 0 saturated carbocycles. The smallest absolute Gasteiger partial charge is 0.317 e. The van der Waals surface area contributed by atoms with Crippen LogP contribution in [0.2, 0.25) is 5.02 Å². The summed E-state index contributed by atoms with van der Waals surface area (Å²) in [5.74, 6) is 0.473. The number of nitrogens with one attached hydrogen (secondary N) is 1. The first-order chi connectivity index (χ1) is 11.2. The first-order valence-electron chi connectivity index (χ1n) is 8.17. The van der Waals surface area contributed by atoms with Crippen LogP contribution < -0.4 is 5.32 Å². The molecule has 23 heavy (non-hydrogen) atoms. The van der Waals surface area contributed by atoms with E-state index in [9.17, 15) is 9.90 Å². The molecular formula is C17H23ClN2O3. The normalized spacial score (nSPS) is 25.6. The molecule has 0 unspecified atom stereocenters. The van der Waals surface area contributed by atoms with Crippen molar-refractivity contribution in [3.05, 3.63) is 34.9 Å². The monoisotopic (exact) mass is 338 g/mol. The lowest BCUT2D eigenvalue weighted by Gasteiger charge is -2.27. The maximum atomic E-state index is 12.6. The molecular weight excluding hydrogens is 316 g/mol. The molecule has 0 aliphatic carbocycles. The lowest BCUT2D eigenvalue weighted by molar-refractivity contribution is 0.170. The van der Waals surface area contributed by atoms with E-state index in [1.54, 1.807) is 4.90 Å². The fraction of sp³-hybridized carbons (Fsp3) is 0.588. The number of hydrogen-bond acceptors (Lipinski definition) is 3. The van der Waals surface area contributed by atoms with Gasteiger partial charge in [-0.2, -0.15) is 0 Å². The van der Waals surface area contributed by atoms with E-state index in [2.05, 4.69) is 5.32 Å². The standard InChI is InChI=1S/C17H23ClN2O3/c18-15-3-1-13(2-4-15)16(14-6-8-23-11-14)19-17(22)20-7-5-12(9-20)10-21/h1-4,12,14,16,21H,5-11H2,(H,19,22)/t12-,14+,16+/m0/s1. The quantitative estimate of drug-likeness (QED) is 0.886. The third-order valence-electron chi connectivity index (χ3n) is 4.78. The Bertz CT molecular complexity index is 531. The van der Waals surface area contributed by atoms with Crippen LogP contribution in [-0.2, 0) is 4.74 Å². The fourth-order valence-electron chi connectivity index (χ4n) is 3.35. The maximum Gasteiger partial charge on any atom is 0.317 e. The highest BCUT2D eigenvalue weighted by atomic mass is 35.5. The van der Waals surface area contributed by atoms with Crippen LogP contribution in [0.1, 0.15) is 24.4 Å². The lowest BCUT2D eigenvalue weighted by atomic mass is 9.92. The summed E-state index contributed by atoms with van der Waals surface area (Å²) in [6.07, 6.45) is 1.80. The summed E-state index contributed by atoms with van der Waals surface area (Å²) in [5, 5.41) is 13.1. The van der Waals surface area contributed by atoms with Crippen LogP contribution in [0.25, 0.3) is 0 Å². The number of halogens is 1. The van der Waals surface area contributed by atoms with Gasteiger partial charge in [-0.3, -0.25) is 0 Å². The first kappa shape index (κ1) is 16.6. The number of carbonyl (C=O) groups excluding carboxylic acids is 1. The van der Waals surface area contributed by atoms with Gasteiger partial charge in [-0.25, -0.2) is 4.79 Å². The van der Waals surface area contributed by atoms with Crippen molar-refractivity contribution < 1.29 is 14.6 Å². The van der Waals surface area contributed by atoms with Crippen molar-refractivity contribution in [1.29, 1.82) is 0 Å². The molecule has 0 bridgehead atoms. The molecule has 5 nitrogen and oxygen atoms in total. The molecule has 3 atom stereocenters. The predicted molar refractivity (Wildman–Crippen MR) is 88.4 cm³/mol. The van der Waals surface area contributed by atoms with Crippen LogP contribution >= 0.6 is 11.6 Å². The summed E-state index contributed by atoms with van der Waals surface area (Å²) >= 11 is 5.97. The van der Waals surface area contributed by atoms with Gasteiger partial charge in [-0.1, -0.05) is 23.7 Å². The minimum Gasteiger partial charge on any atom is -0.396 e. The number of rotatable bonds is 4. The number of aliphatic hydroxyl groups is 1. The number of ether oxygens (including phenoxy) is 1. The minimum atomic E-state index is -0.0737. The highest BCUT2D eigenvalue weighted by Gasteiger charge is 2.32. The van der Waals surface area contributed by atoms with Gasteiger partial charge >= 0.3 is 6.03 Å². The predicted octanol–water partition coefficient (Wildman–Crippen LogP) is 2.44. The Morgan fingerprint density at radius 1 is 1.39 bits per heavy atom. The molecule has 2 heterocycles. The van der Waals surface area contributed by atoms with E-state index in [4.69, 9.17) is 16.3 Å².